The van der Waals surface area contributed by atoms with Crippen LogP contribution in [0.4, 0.5) is 10.2 Å². The largest absolute Gasteiger partial charge is 0.360 e. The second-order valence-corrected chi connectivity index (χ2v) is 8.63. The van der Waals surface area contributed by atoms with Crippen LogP contribution in [-0.2, 0) is 4.79 Å². The monoisotopic (exact) mass is 480 g/mol. The number of H-pyrrole nitrogens is 1. The number of Topliss-reactive ketones (excluding diaryl/α,β-unsaturated/α-hetero) is 1. The number of aromatic nitrogens is 4. The van der Waals surface area contributed by atoms with Crippen LogP contribution in [0, 0.1) is 5.82 Å². The second kappa shape index (κ2) is 8.84. The van der Waals surface area contributed by atoms with Crippen LogP contribution in [0.2, 0.25) is 0 Å². The number of carbonyl (C=O) groups excluding carboxylic acids is 2. The lowest BCUT2D eigenvalue weighted by atomic mass is 10.0. The van der Waals surface area contributed by atoms with Crippen LogP contribution in [0.25, 0.3) is 32.9 Å². The molecule has 1 aliphatic heterocycles. The molecule has 2 aromatic carbocycles. The highest BCUT2D eigenvalue weighted by molar-refractivity contribution is 6.45. The lowest BCUT2D eigenvalue weighted by molar-refractivity contribution is -0.126. The molecule has 1 N–H and O–H groups in total. The van der Waals surface area contributed by atoms with Gasteiger partial charge in [-0.1, -0.05) is 30.3 Å². The highest BCUT2D eigenvalue weighted by Gasteiger charge is 2.30. The number of nitrogens with one attached hydrogen (secondary N) is 1. The normalized spacial score (nSPS) is 13.9. The number of aromatic amines is 1. The molecule has 1 saturated heterocycles. The Morgan fingerprint density at radius 3 is 2.56 bits per heavy atom. The number of fused-ring (bicyclic) bond motifs is 2. The maximum atomic E-state index is 14.9. The maximum Gasteiger partial charge on any atom is 0.295 e. The number of hydrogen-bond acceptors (Lipinski definition) is 6. The molecule has 1 amide bonds. The van der Waals surface area contributed by atoms with Crippen molar-refractivity contribution < 1.29 is 14.0 Å². The number of amides is 1. The molecule has 4 heterocycles. The van der Waals surface area contributed by atoms with Gasteiger partial charge in [-0.3, -0.25) is 14.6 Å². The van der Waals surface area contributed by atoms with Gasteiger partial charge in [0, 0.05) is 60.3 Å². The molecule has 0 aliphatic carbocycles. The molecule has 0 saturated carbocycles. The lowest BCUT2D eigenvalue weighted by Gasteiger charge is -2.35. The zero-order valence-corrected chi connectivity index (χ0v) is 19.2. The van der Waals surface area contributed by atoms with Gasteiger partial charge in [-0.15, -0.1) is 5.10 Å². The average Bonchev–Trinajstić information content (AvgIpc) is 3.39. The summed E-state index contributed by atoms with van der Waals surface area (Å²) in [6, 6.07) is 16.2. The fourth-order valence-corrected chi connectivity index (χ4v) is 4.75. The number of carbonyl (C=O) groups is 2. The molecule has 9 heteroatoms. The van der Waals surface area contributed by atoms with E-state index in [0.717, 1.165) is 16.6 Å². The molecule has 178 valence electrons. The van der Waals surface area contributed by atoms with Crippen LogP contribution in [0.5, 0.6) is 0 Å². The van der Waals surface area contributed by atoms with E-state index in [4.69, 9.17) is 0 Å². The van der Waals surface area contributed by atoms with Gasteiger partial charge in [0.1, 0.15) is 5.82 Å². The third-order valence-corrected chi connectivity index (χ3v) is 6.58. The molecule has 1 aliphatic rings. The van der Waals surface area contributed by atoms with Gasteiger partial charge in [0.15, 0.2) is 5.82 Å². The summed E-state index contributed by atoms with van der Waals surface area (Å²) < 4.78 is 14.9. The summed E-state index contributed by atoms with van der Waals surface area (Å²) in [5.41, 5.74) is 1.75. The molecular formula is C27H21FN6O2. The number of hydrogen-bond donors (Lipinski definition) is 1. The fourth-order valence-electron chi connectivity index (χ4n) is 4.75. The van der Waals surface area contributed by atoms with Crippen LogP contribution in [0.3, 0.4) is 0 Å². The van der Waals surface area contributed by atoms with E-state index in [0.29, 0.717) is 43.0 Å². The number of nitrogens with zero attached hydrogens (tertiary/aromatic N) is 5. The van der Waals surface area contributed by atoms with Gasteiger partial charge in [0.25, 0.3) is 11.7 Å². The standard InChI is InChI=1S/C27H21FN6O2/c28-21-9-8-19(22-7-3-4-10-29-22)24-23(21)20(16-30-24)25(35)27(36)34-13-11-33(12-14-34)26-18-6-2-1-5-17(18)15-31-32-26/h1-10,15-16,30H,11-14H2. The highest BCUT2D eigenvalue weighted by Crippen LogP contribution is 2.31. The number of pyridine rings is 1. The van der Waals surface area contributed by atoms with Crippen LogP contribution in [-0.4, -0.2) is 62.9 Å². The Morgan fingerprint density at radius 2 is 1.75 bits per heavy atom. The first kappa shape index (κ1) is 21.8. The Bertz CT molecular complexity index is 1600. The molecule has 0 unspecified atom stereocenters. The Morgan fingerprint density at radius 1 is 0.944 bits per heavy atom. The van der Waals surface area contributed by atoms with Crippen molar-refractivity contribution in [3.8, 4) is 11.3 Å². The van der Waals surface area contributed by atoms with E-state index in [1.54, 1.807) is 30.6 Å². The first-order valence-electron chi connectivity index (χ1n) is 11.6. The van der Waals surface area contributed by atoms with Crippen LogP contribution in [0.15, 0.2) is 73.2 Å². The second-order valence-electron chi connectivity index (χ2n) is 8.63. The molecule has 6 rings (SSSR count). The van der Waals surface area contributed by atoms with E-state index >= 15 is 0 Å². The minimum atomic E-state index is -0.739. The average molecular weight is 481 g/mol. The van der Waals surface area contributed by atoms with Crippen molar-refractivity contribution in [1.82, 2.24) is 25.1 Å². The third-order valence-electron chi connectivity index (χ3n) is 6.58. The van der Waals surface area contributed by atoms with Crippen LogP contribution >= 0.6 is 0 Å². The third kappa shape index (κ3) is 3.65. The SMILES string of the molecule is O=C(C(=O)N1CCN(c2nncc3ccccc23)CC1)c1c[nH]c2c(-c3ccccn3)ccc(F)c12. The van der Waals surface area contributed by atoms with E-state index in [1.807, 2.05) is 30.3 Å². The Hall–Kier alpha value is -4.66. The predicted molar refractivity (Wildman–Crippen MR) is 134 cm³/mol. The summed E-state index contributed by atoms with van der Waals surface area (Å²) in [7, 11) is 0. The first-order chi connectivity index (χ1) is 17.6. The summed E-state index contributed by atoms with van der Waals surface area (Å²) in [6.07, 6.45) is 4.77. The summed E-state index contributed by atoms with van der Waals surface area (Å²) in [5, 5.41) is 10.5. The quantitative estimate of drug-likeness (QED) is 0.310. The number of anilines is 1. The molecule has 0 radical (unpaired) electrons. The van der Waals surface area contributed by atoms with E-state index in [9.17, 15) is 14.0 Å². The number of halogens is 1. The molecule has 0 spiro atoms. The lowest BCUT2D eigenvalue weighted by Crippen LogP contribution is -2.51. The summed E-state index contributed by atoms with van der Waals surface area (Å²) in [6.45, 7) is 1.71. The van der Waals surface area contributed by atoms with Crippen molar-refractivity contribution in [2.45, 2.75) is 0 Å². The maximum absolute atomic E-state index is 14.9. The van der Waals surface area contributed by atoms with E-state index in [1.165, 1.54) is 17.2 Å². The van der Waals surface area contributed by atoms with Crippen LogP contribution in [0.1, 0.15) is 10.4 Å². The van der Waals surface area contributed by atoms with Crippen LogP contribution < -0.4 is 4.90 Å². The first-order valence-corrected chi connectivity index (χ1v) is 11.6. The number of benzene rings is 2. The van der Waals surface area contributed by atoms with Crippen molar-refractivity contribution >= 4 is 39.2 Å². The predicted octanol–water partition coefficient (Wildman–Crippen LogP) is 3.84. The highest BCUT2D eigenvalue weighted by atomic mass is 19.1. The Labute approximate surface area is 205 Å². The van der Waals surface area contributed by atoms with E-state index in [-0.39, 0.29) is 10.9 Å². The van der Waals surface area contributed by atoms with Gasteiger partial charge in [-0.25, -0.2) is 4.39 Å². The van der Waals surface area contributed by atoms with Gasteiger partial charge in [0.05, 0.1) is 23.0 Å². The van der Waals surface area contributed by atoms with E-state index in [2.05, 4.69) is 25.1 Å². The van der Waals surface area contributed by atoms with Crippen molar-refractivity contribution in [1.29, 1.82) is 0 Å². The number of rotatable bonds is 4. The molecule has 8 nitrogen and oxygen atoms in total. The molecule has 36 heavy (non-hydrogen) atoms. The van der Waals surface area contributed by atoms with E-state index < -0.39 is 17.5 Å². The Kier molecular flexibility index (Phi) is 5.37. The zero-order valence-electron chi connectivity index (χ0n) is 19.2. The van der Waals surface area contributed by atoms with Crippen molar-refractivity contribution in [3.63, 3.8) is 0 Å². The Balaban J connectivity index is 1.24. The summed E-state index contributed by atoms with van der Waals surface area (Å²) in [4.78, 5) is 37.2. The van der Waals surface area contributed by atoms with Gasteiger partial charge in [-0.2, -0.15) is 5.10 Å². The van der Waals surface area contributed by atoms with Gasteiger partial charge < -0.3 is 14.8 Å². The molecule has 1 fully saturated rings. The molecule has 3 aromatic heterocycles. The smallest absolute Gasteiger partial charge is 0.295 e. The summed E-state index contributed by atoms with van der Waals surface area (Å²) >= 11 is 0. The number of piperazine rings is 1. The van der Waals surface area contributed by atoms with Gasteiger partial charge in [0.2, 0.25) is 0 Å². The summed E-state index contributed by atoms with van der Waals surface area (Å²) in [5.74, 6) is -1.20. The molecule has 5 aromatic rings. The van der Waals surface area contributed by atoms with Gasteiger partial charge >= 0.3 is 0 Å². The molecular weight excluding hydrogens is 459 g/mol. The van der Waals surface area contributed by atoms with Crippen molar-refractivity contribution in [2.24, 2.45) is 0 Å². The van der Waals surface area contributed by atoms with Gasteiger partial charge in [-0.05, 0) is 24.3 Å². The molecule has 0 bridgehead atoms. The minimum absolute atomic E-state index is 0.0210. The zero-order chi connectivity index (χ0) is 24.6. The minimum Gasteiger partial charge on any atom is -0.360 e. The number of ketones is 1. The fraction of sp³-hybridized carbons (Fsp3) is 0.148. The molecule has 0 atom stereocenters. The van der Waals surface area contributed by atoms with Crippen molar-refractivity contribution in [3.05, 3.63) is 84.6 Å². The topological polar surface area (TPSA) is 95.1 Å². The van der Waals surface area contributed by atoms with Crippen molar-refractivity contribution in [2.75, 3.05) is 31.1 Å².